The van der Waals surface area contributed by atoms with E-state index in [1.165, 1.54) is 34.9 Å². The molecule has 2 aliphatic heterocycles. The SMILES string of the molecule is CC(=O)c1ccc(OCC2=C(C(=O)OC(c3ccccc3)c3ccccc3)N3C(=O)C(NC(=O)/C(=N/OC(c4ccccc4)(c4ccccc4)c4ccccc4)c4csc(NC(c5ccccc5)(c5ccccc5)c5ccccc5)n4)[C@H]3SC2)cc1. The van der Waals surface area contributed by atoms with Crippen LogP contribution >= 0.6 is 23.1 Å². The molecular weight excluding hydrogens is 1110 g/mol. The molecule has 1 aromatic heterocycles. The molecule has 2 atom stereocenters. The maximum Gasteiger partial charge on any atom is 0.356 e. The molecular formula is C72H57N5O7S2. The number of thiazole rings is 1. The van der Waals surface area contributed by atoms with Crippen LogP contribution in [0, 0.1) is 0 Å². The van der Waals surface area contributed by atoms with Crippen LogP contribution in [0.25, 0.3) is 0 Å². The van der Waals surface area contributed by atoms with Crippen molar-refractivity contribution in [2.24, 2.45) is 5.16 Å². The largest absolute Gasteiger partial charge is 0.489 e. The van der Waals surface area contributed by atoms with Gasteiger partial charge in [-0.25, -0.2) is 9.78 Å². The molecule has 424 valence electrons. The Labute approximate surface area is 506 Å². The van der Waals surface area contributed by atoms with Crippen molar-refractivity contribution in [2.45, 2.75) is 35.6 Å². The summed E-state index contributed by atoms with van der Waals surface area (Å²) >= 11 is 2.67. The number of esters is 1. The first-order chi connectivity index (χ1) is 42.2. The van der Waals surface area contributed by atoms with E-state index in [9.17, 15) is 4.79 Å². The van der Waals surface area contributed by atoms with Gasteiger partial charge in [-0.2, -0.15) is 0 Å². The number of ether oxygens (including phenoxy) is 2. The van der Waals surface area contributed by atoms with Gasteiger partial charge in [0.25, 0.3) is 11.8 Å². The molecule has 0 spiro atoms. The molecule has 10 aromatic rings. The van der Waals surface area contributed by atoms with Gasteiger partial charge < -0.3 is 24.9 Å². The number of benzene rings is 9. The summed E-state index contributed by atoms with van der Waals surface area (Å²) in [5.74, 6) is -1.42. The molecule has 86 heavy (non-hydrogen) atoms. The number of carbonyl (C=O) groups excluding carboxylic acids is 4. The number of β-lactam (4-membered cyclic amide) rings is 1. The highest BCUT2D eigenvalue weighted by Gasteiger charge is 2.55. The number of anilines is 1. The summed E-state index contributed by atoms with van der Waals surface area (Å²) in [6.45, 7) is 1.41. The van der Waals surface area contributed by atoms with Gasteiger partial charge in [0, 0.05) is 39.0 Å². The summed E-state index contributed by atoms with van der Waals surface area (Å²) in [5, 5.41) is 13.2. The molecule has 12 nitrogen and oxygen atoms in total. The van der Waals surface area contributed by atoms with Crippen molar-refractivity contribution in [3.05, 3.63) is 339 Å². The average molecular weight is 1170 g/mol. The number of hydrogen-bond donors (Lipinski definition) is 2. The summed E-state index contributed by atoms with van der Waals surface area (Å²) in [7, 11) is 0. The first-order valence-corrected chi connectivity index (χ1v) is 30.0. The van der Waals surface area contributed by atoms with E-state index in [0.29, 0.717) is 22.0 Å². The Balaban J connectivity index is 0.931. The lowest BCUT2D eigenvalue weighted by Gasteiger charge is -2.49. The van der Waals surface area contributed by atoms with Crippen LogP contribution in [0.5, 0.6) is 5.75 Å². The van der Waals surface area contributed by atoms with Crippen molar-refractivity contribution in [3.63, 3.8) is 0 Å². The summed E-state index contributed by atoms with van der Waals surface area (Å²) in [5.41, 5.74) is 5.19. The van der Waals surface area contributed by atoms with Gasteiger partial charge in [-0.1, -0.05) is 248 Å². The fourth-order valence-electron chi connectivity index (χ4n) is 11.1. The van der Waals surface area contributed by atoms with Gasteiger partial charge in [0.05, 0.1) is 0 Å². The lowest BCUT2D eigenvalue weighted by Crippen LogP contribution is -2.71. The molecule has 14 heteroatoms. The van der Waals surface area contributed by atoms with Crippen LogP contribution in [0.15, 0.2) is 289 Å². The fourth-order valence-corrected chi connectivity index (χ4v) is 13.2. The number of nitrogens with zero attached hydrogens (tertiary/aromatic N) is 3. The minimum Gasteiger partial charge on any atom is -0.489 e. The van der Waals surface area contributed by atoms with E-state index >= 15 is 14.4 Å². The van der Waals surface area contributed by atoms with Crippen LogP contribution < -0.4 is 15.4 Å². The standard InChI is InChI=1S/C72H57N5O7S2/c1-49(78)50-42-44-60(45-43-50)82-46-53-47-85-68-63(67(80)77(68)64(53)69(81)83-65(51-26-10-2-11-27-51)52-28-12-3-13-29-52)74-66(79)62(76-84-72(57-36-20-7-21-37-57,58-38-22-8-23-39-58)59-40-24-9-25-41-59)61-48-86-70(73-61)75-71(54-30-14-4-15-31-54,55-32-16-5-17-33-55)56-34-18-6-19-35-56/h2-45,48,63,65,68H,46-47H2,1H3,(H,73,75)(H,74,79)/b76-62+/t63?,68-/m1/s1. The van der Waals surface area contributed by atoms with Crippen LogP contribution in [-0.2, 0) is 35.1 Å². The number of fused-ring (bicyclic) bond motifs is 1. The van der Waals surface area contributed by atoms with Gasteiger partial charge in [0.15, 0.2) is 22.7 Å². The topological polar surface area (TPSA) is 149 Å². The van der Waals surface area contributed by atoms with Crippen LogP contribution in [0.4, 0.5) is 5.13 Å². The van der Waals surface area contributed by atoms with Crippen molar-refractivity contribution < 1.29 is 33.5 Å². The third kappa shape index (κ3) is 11.3. The highest BCUT2D eigenvalue weighted by molar-refractivity contribution is 8.00. The first kappa shape index (κ1) is 56.3. The first-order valence-electron chi connectivity index (χ1n) is 28.1. The molecule has 0 saturated carbocycles. The van der Waals surface area contributed by atoms with Crippen molar-refractivity contribution in [1.82, 2.24) is 15.2 Å². The number of amides is 2. The minimum absolute atomic E-state index is 0.0195. The highest BCUT2D eigenvalue weighted by Crippen LogP contribution is 2.45. The molecule has 12 rings (SSSR count). The Morgan fingerprint density at radius 3 is 1.50 bits per heavy atom. The number of hydrogen-bond acceptors (Lipinski definition) is 12. The van der Waals surface area contributed by atoms with E-state index < -0.39 is 46.4 Å². The molecule has 2 amide bonds. The summed E-state index contributed by atoms with van der Waals surface area (Å²) in [4.78, 5) is 71.5. The Morgan fingerprint density at radius 1 is 0.605 bits per heavy atom. The maximum atomic E-state index is 15.6. The maximum absolute atomic E-state index is 15.6. The number of ketones is 1. The molecule has 0 radical (unpaired) electrons. The molecule has 9 aromatic carbocycles. The number of carbonyl (C=O) groups is 4. The normalized spacial score (nSPS) is 15.0. The van der Waals surface area contributed by atoms with Crippen LogP contribution in [0.1, 0.15) is 73.6 Å². The highest BCUT2D eigenvalue weighted by atomic mass is 32.2. The quantitative estimate of drug-likeness (QED) is 0.0178. The van der Waals surface area contributed by atoms with Crippen LogP contribution in [0.2, 0.25) is 0 Å². The number of aromatic nitrogens is 1. The van der Waals surface area contributed by atoms with E-state index in [-0.39, 0.29) is 35.2 Å². The van der Waals surface area contributed by atoms with Gasteiger partial charge in [0.2, 0.25) is 5.60 Å². The van der Waals surface area contributed by atoms with Gasteiger partial charge in [-0.05, 0) is 59.0 Å². The van der Waals surface area contributed by atoms with Crippen molar-refractivity contribution in [3.8, 4) is 5.75 Å². The predicted octanol–water partition coefficient (Wildman–Crippen LogP) is 13.5. The summed E-state index contributed by atoms with van der Waals surface area (Å²) in [6, 6.07) is 83.9. The number of rotatable bonds is 21. The summed E-state index contributed by atoms with van der Waals surface area (Å²) in [6.07, 6.45) is -0.831. The zero-order valence-electron chi connectivity index (χ0n) is 46.6. The van der Waals surface area contributed by atoms with Gasteiger partial charge in [0.1, 0.15) is 40.7 Å². The Kier molecular flexibility index (Phi) is 16.6. The predicted molar refractivity (Wildman–Crippen MR) is 337 cm³/mol. The zero-order valence-corrected chi connectivity index (χ0v) is 48.3. The lowest BCUT2D eigenvalue weighted by atomic mass is 9.77. The number of oxime groups is 1. The number of Topliss-reactive ketones (excluding diaryl/α,β-unsaturated/α-hetero) is 1. The minimum atomic E-state index is -1.40. The van der Waals surface area contributed by atoms with E-state index in [0.717, 1.165) is 44.5 Å². The zero-order chi connectivity index (χ0) is 58.9. The Bertz CT molecular complexity index is 3820. The van der Waals surface area contributed by atoms with Crippen LogP contribution in [0.3, 0.4) is 0 Å². The van der Waals surface area contributed by atoms with Crippen molar-refractivity contribution >= 4 is 57.5 Å². The molecule has 0 aliphatic carbocycles. The molecule has 1 unspecified atom stereocenters. The van der Waals surface area contributed by atoms with Crippen molar-refractivity contribution in [2.75, 3.05) is 17.7 Å². The molecule has 2 N–H and O–H groups in total. The monoisotopic (exact) mass is 1170 g/mol. The second-order valence-corrected chi connectivity index (χ2v) is 22.6. The smallest absolute Gasteiger partial charge is 0.356 e. The van der Waals surface area contributed by atoms with Gasteiger partial charge in [-0.15, -0.1) is 23.1 Å². The van der Waals surface area contributed by atoms with E-state index in [2.05, 4.69) is 47.0 Å². The Hall–Kier alpha value is -10.2. The fraction of sp³-hybridized carbons (Fsp3) is 0.111. The van der Waals surface area contributed by atoms with Crippen molar-refractivity contribution in [1.29, 1.82) is 0 Å². The van der Waals surface area contributed by atoms with Gasteiger partial charge >= 0.3 is 5.97 Å². The third-order valence-electron chi connectivity index (χ3n) is 15.3. The molecule has 2 aliphatic rings. The molecule has 0 bridgehead atoms. The number of thioether (sulfide) groups is 1. The molecule has 3 heterocycles. The second-order valence-electron chi connectivity index (χ2n) is 20.6. The number of nitrogens with one attached hydrogen (secondary N) is 2. The second kappa shape index (κ2) is 25.4. The van der Waals surface area contributed by atoms with E-state index in [4.69, 9.17) is 24.5 Å². The van der Waals surface area contributed by atoms with E-state index in [1.54, 1.807) is 29.6 Å². The molecule has 1 saturated heterocycles. The van der Waals surface area contributed by atoms with Gasteiger partial charge in [-0.3, -0.25) is 19.3 Å². The average Bonchev–Trinajstić information content (AvgIpc) is 1.21. The Morgan fingerprint density at radius 2 is 1.05 bits per heavy atom. The van der Waals surface area contributed by atoms with E-state index in [1.807, 2.05) is 206 Å². The van der Waals surface area contributed by atoms with Crippen LogP contribution in [-0.4, -0.2) is 62.9 Å². The third-order valence-corrected chi connectivity index (χ3v) is 17.4. The summed E-state index contributed by atoms with van der Waals surface area (Å²) < 4.78 is 12.7. The lowest BCUT2D eigenvalue weighted by molar-refractivity contribution is -0.154. The molecule has 1 fully saturated rings.